The van der Waals surface area contributed by atoms with Gasteiger partial charge in [0.1, 0.15) is 12.2 Å². The number of anilines is 2. The number of piperidine rings is 1. The molecule has 4 atom stereocenters. The lowest BCUT2D eigenvalue weighted by Crippen LogP contribution is -2.48. The van der Waals surface area contributed by atoms with E-state index in [1.165, 1.54) is 0 Å². The minimum Gasteiger partial charge on any atom is -0.473 e. The van der Waals surface area contributed by atoms with E-state index in [9.17, 15) is 8.42 Å². The number of nitrogens with zero attached hydrogens (tertiary/aromatic N) is 3. The van der Waals surface area contributed by atoms with Crippen molar-refractivity contribution in [3.8, 4) is 17.1 Å². The quantitative estimate of drug-likeness (QED) is 0.408. The molecule has 0 radical (unpaired) electrons. The number of hydrogen-bond donors (Lipinski definition) is 2. The molecule has 3 aliphatic rings. The first-order valence-electron chi connectivity index (χ1n) is 14.3. The second-order valence-electron chi connectivity index (χ2n) is 12.8. The van der Waals surface area contributed by atoms with Crippen molar-refractivity contribution in [2.75, 3.05) is 29.7 Å². The summed E-state index contributed by atoms with van der Waals surface area (Å²) in [6, 6.07) is 14.6. The summed E-state index contributed by atoms with van der Waals surface area (Å²) < 4.78 is 42.2. The van der Waals surface area contributed by atoms with E-state index in [0.717, 1.165) is 49.2 Å². The van der Waals surface area contributed by atoms with Gasteiger partial charge in [-0.1, -0.05) is 45.0 Å². The molecular weight excluding hydrogens is 538 g/mol. The van der Waals surface area contributed by atoms with Gasteiger partial charge in [0, 0.05) is 36.3 Å². The zero-order chi connectivity index (χ0) is 28.9. The molecule has 2 N–H and O–H groups in total. The summed E-state index contributed by atoms with van der Waals surface area (Å²) in [4.78, 5) is 11.8. The van der Waals surface area contributed by atoms with Crippen molar-refractivity contribution >= 4 is 21.7 Å². The predicted octanol–water partition coefficient (Wildman–Crippen LogP) is 5.22. The number of sulfonamides is 1. The minimum atomic E-state index is -3.97. The van der Waals surface area contributed by atoms with Crippen LogP contribution in [0, 0.1) is 25.2 Å². The van der Waals surface area contributed by atoms with Gasteiger partial charge in [-0.25, -0.2) is 18.1 Å². The highest BCUT2D eigenvalue weighted by Gasteiger charge is 2.48. The molecule has 3 aliphatic heterocycles. The van der Waals surface area contributed by atoms with E-state index in [0.29, 0.717) is 17.3 Å². The third-order valence-corrected chi connectivity index (χ3v) is 9.42. The van der Waals surface area contributed by atoms with Gasteiger partial charge in [0.15, 0.2) is 6.23 Å². The smallest absolute Gasteiger partial charge is 0.264 e. The second-order valence-corrected chi connectivity index (χ2v) is 14.5. The molecule has 0 amide bonds. The standard InChI is InChI=1S/C31H39N5O4S/c1-19-8-6-9-20(2)27(19)25-16-26-34-30(33-25)35-41(37,38)24-11-7-10-22(15-24)32-29-28(40-29)21-14-23(39-26)18-36(17-21)13-12-31(3,4)5/h6-11,15-16,21,23,28-29,32H,12-14,17-18H2,1-5H3,(H,33,34,35)/t21-,23+,28+,29?/m1/s1. The Morgan fingerprint density at radius 2 is 1.78 bits per heavy atom. The van der Waals surface area contributed by atoms with E-state index in [4.69, 9.17) is 9.47 Å². The Kier molecular flexibility index (Phi) is 7.20. The molecule has 0 saturated carbocycles. The molecule has 0 aliphatic carbocycles. The lowest BCUT2D eigenvalue weighted by atomic mass is 9.89. The van der Waals surface area contributed by atoms with E-state index < -0.39 is 10.0 Å². The molecule has 1 unspecified atom stereocenters. The summed E-state index contributed by atoms with van der Waals surface area (Å²) in [5, 5.41) is 3.38. The molecule has 0 spiro atoms. The van der Waals surface area contributed by atoms with E-state index in [1.807, 2.05) is 44.2 Å². The lowest BCUT2D eigenvalue weighted by molar-refractivity contribution is 0.0385. The van der Waals surface area contributed by atoms with Gasteiger partial charge in [-0.05, 0) is 68.0 Å². The molecule has 2 aromatic carbocycles. The normalized spacial score (nSPS) is 25.4. The van der Waals surface area contributed by atoms with Gasteiger partial charge < -0.3 is 14.8 Å². The molecule has 6 rings (SSSR count). The number of rotatable bonds is 3. The van der Waals surface area contributed by atoms with Crippen molar-refractivity contribution in [3.63, 3.8) is 0 Å². The summed E-state index contributed by atoms with van der Waals surface area (Å²) in [5.74, 6) is 0.601. The van der Waals surface area contributed by atoms with Crippen molar-refractivity contribution < 1.29 is 17.9 Å². The van der Waals surface area contributed by atoms with Crippen LogP contribution in [0.1, 0.15) is 44.7 Å². The highest BCUT2D eigenvalue weighted by atomic mass is 32.2. The number of nitrogens with one attached hydrogen (secondary N) is 2. The Hall–Kier alpha value is -3.21. The van der Waals surface area contributed by atoms with E-state index in [1.54, 1.807) is 18.2 Å². The third kappa shape index (κ3) is 6.34. The molecule has 10 heteroatoms. The molecule has 9 nitrogen and oxygen atoms in total. The number of aromatic nitrogens is 2. The van der Waals surface area contributed by atoms with E-state index in [2.05, 4.69) is 45.7 Å². The Labute approximate surface area is 242 Å². The van der Waals surface area contributed by atoms with Crippen molar-refractivity contribution in [2.45, 2.75) is 70.8 Å². The molecular formula is C31H39N5O4S. The fourth-order valence-electron chi connectivity index (χ4n) is 5.92. The third-order valence-electron chi connectivity index (χ3n) is 8.09. The summed E-state index contributed by atoms with van der Waals surface area (Å²) in [7, 11) is -3.97. The first-order valence-corrected chi connectivity index (χ1v) is 15.8. The predicted molar refractivity (Wildman–Crippen MR) is 160 cm³/mol. The van der Waals surface area contributed by atoms with Crippen molar-refractivity contribution in [2.24, 2.45) is 11.3 Å². The molecule has 2 fully saturated rings. The number of fused-ring (bicyclic) bond motifs is 8. The van der Waals surface area contributed by atoms with Gasteiger partial charge in [-0.2, -0.15) is 4.98 Å². The first-order chi connectivity index (χ1) is 19.4. The lowest BCUT2D eigenvalue weighted by Gasteiger charge is -2.38. The molecule has 6 bridgehead atoms. The van der Waals surface area contributed by atoms with Crippen LogP contribution >= 0.6 is 0 Å². The minimum absolute atomic E-state index is 0.0171. The van der Waals surface area contributed by atoms with Crippen LogP contribution in [0.15, 0.2) is 53.4 Å². The maximum absolute atomic E-state index is 13.5. The van der Waals surface area contributed by atoms with Crippen LogP contribution in [0.5, 0.6) is 5.88 Å². The number of ether oxygens (including phenoxy) is 2. The number of hydrogen-bond acceptors (Lipinski definition) is 8. The summed E-state index contributed by atoms with van der Waals surface area (Å²) in [6.07, 6.45) is 1.61. The molecule has 1 aromatic heterocycles. The van der Waals surface area contributed by atoms with Gasteiger partial charge in [0.2, 0.25) is 11.8 Å². The number of likely N-dealkylation sites (tertiary alicyclic amines) is 1. The van der Waals surface area contributed by atoms with Gasteiger partial charge in [0.05, 0.1) is 10.6 Å². The summed E-state index contributed by atoms with van der Waals surface area (Å²) in [5.41, 5.74) is 4.54. The van der Waals surface area contributed by atoms with Gasteiger partial charge in [0.25, 0.3) is 10.0 Å². The van der Waals surface area contributed by atoms with Crippen LogP contribution in [-0.2, 0) is 14.8 Å². The Morgan fingerprint density at radius 3 is 2.54 bits per heavy atom. The average molecular weight is 578 g/mol. The van der Waals surface area contributed by atoms with Crippen molar-refractivity contribution in [3.05, 3.63) is 59.7 Å². The Bertz CT molecular complexity index is 1530. The highest BCUT2D eigenvalue weighted by Crippen LogP contribution is 2.38. The molecule has 41 heavy (non-hydrogen) atoms. The van der Waals surface area contributed by atoms with E-state index in [-0.39, 0.29) is 40.6 Å². The van der Waals surface area contributed by atoms with Crippen LogP contribution in [0.2, 0.25) is 0 Å². The first kappa shape index (κ1) is 27.9. The van der Waals surface area contributed by atoms with Crippen LogP contribution in [0.25, 0.3) is 11.3 Å². The van der Waals surface area contributed by atoms with Gasteiger partial charge >= 0.3 is 0 Å². The SMILES string of the molecule is Cc1cccc(C)c1-c1cc2nc(n1)NS(=O)(=O)c1cccc(c1)NC1O[C@H]1[C@@H]1C[C@@H](CN(CCC(C)(C)C)C1)O2. The number of aryl methyl sites for hydroxylation is 2. The summed E-state index contributed by atoms with van der Waals surface area (Å²) >= 11 is 0. The van der Waals surface area contributed by atoms with Gasteiger partial charge in [-0.3, -0.25) is 4.90 Å². The Balaban J connectivity index is 1.42. The van der Waals surface area contributed by atoms with Crippen molar-refractivity contribution in [1.29, 1.82) is 0 Å². The Morgan fingerprint density at radius 1 is 1.02 bits per heavy atom. The van der Waals surface area contributed by atoms with E-state index >= 15 is 0 Å². The zero-order valence-corrected chi connectivity index (χ0v) is 25.2. The van der Waals surface area contributed by atoms with Crippen LogP contribution in [0.4, 0.5) is 11.6 Å². The van der Waals surface area contributed by atoms with Crippen LogP contribution in [-0.4, -0.2) is 61.4 Å². The molecule has 218 valence electrons. The fraction of sp³-hybridized carbons (Fsp3) is 0.484. The second kappa shape index (κ2) is 10.6. The number of benzene rings is 2. The molecule has 2 saturated heterocycles. The maximum atomic E-state index is 13.5. The molecule has 4 heterocycles. The van der Waals surface area contributed by atoms with Crippen molar-refractivity contribution in [1.82, 2.24) is 14.9 Å². The summed E-state index contributed by atoms with van der Waals surface area (Å²) in [6.45, 7) is 13.5. The van der Waals surface area contributed by atoms with Gasteiger partial charge in [-0.15, -0.1) is 0 Å². The highest BCUT2D eigenvalue weighted by molar-refractivity contribution is 7.92. The van der Waals surface area contributed by atoms with Crippen LogP contribution < -0.4 is 14.8 Å². The zero-order valence-electron chi connectivity index (χ0n) is 24.3. The monoisotopic (exact) mass is 577 g/mol. The van der Waals surface area contributed by atoms with Crippen LogP contribution in [0.3, 0.4) is 0 Å². The average Bonchev–Trinajstić information content (AvgIpc) is 3.65. The fourth-order valence-corrected chi connectivity index (χ4v) is 6.91. The maximum Gasteiger partial charge on any atom is 0.264 e. The largest absolute Gasteiger partial charge is 0.473 e. The number of epoxide rings is 1. The molecule has 3 aromatic rings. The topological polar surface area (TPSA) is 109 Å².